The van der Waals surface area contributed by atoms with Crippen LogP contribution in [-0.4, -0.2) is 35.8 Å². The molecule has 5 nitrogen and oxygen atoms in total. The van der Waals surface area contributed by atoms with Gasteiger partial charge in [0.1, 0.15) is 36.1 Å². The highest BCUT2D eigenvalue weighted by molar-refractivity contribution is 5.82. The molecule has 0 saturated heterocycles. The van der Waals surface area contributed by atoms with Gasteiger partial charge in [0, 0.05) is 25.7 Å². The molecule has 0 radical (unpaired) electrons. The van der Waals surface area contributed by atoms with Crippen LogP contribution >= 0.6 is 0 Å². The molecule has 0 aliphatic carbocycles. The highest BCUT2D eigenvalue weighted by Crippen LogP contribution is 2.24. The first kappa shape index (κ1) is 21.4. The lowest BCUT2D eigenvalue weighted by molar-refractivity contribution is 0.0638. The lowest BCUT2D eigenvalue weighted by Crippen LogP contribution is -2.38. The zero-order valence-electron chi connectivity index (χ0n) is 18.0. The summed E-state index contributed by atoms with van der Waals surface area (Å²) in [5.41, 5.74) is 3.84. The minimum absolute atomic E-state index is 0.140. The van der Waals surface area contributed by atoms with Crippen molar-refractivity contribution in [3.05, 3.63) is 100 Å². The van der Waals surface area contributed by atoms with Gasteiger partial charge < -0.3 is 14.3 Å². The van der Waals surface area contributed by atoms with Crippen LogP contribution in [0.3, 0.4) is 0 Å². The monoisotopic (exact) mass is 445 g/mol. The zero-order valence-corrected chi connectivity index (χ0v) is 18.0. The number of halogens is 1. The number of hydrogen-bond acceptors (Lipinski definition) is 5. The number of benzene rings is 3. The predicted molar refractivity (Wildman–Crippen MR) is 125 cm³/mol. The summed E-state index contributed by atoms with van der Waals surface area (Å²) in [5, 5.41) is 10.9. The molecule has 33 heavy (non-hydrogen) atoms. The summed E-state index contributed by atoms with van der Waals surface area (Å²) in [7, 11) is 0. The van der Waals surface area contributed by atoms with E-state index in [4.69, 9.17) is 9.15 Å². The summed E-state index contributed by atoms with van der Waals surface area (Å²) in [4.78, 5) is 15.1. The van der Waals surface area contributed by atoms with E-state index in [0.29, 0.717) is 34.4 Å². The molecule has 0 amide bonds. The van der Waals surface area contributed by atoms with Crippen LogP contribution in [0.15, 0.2) is 82.2 Å². The molecule has 1 atom stereocenters. The smallest absolute Gasteiger partial charge is 0.200 e. The Morgan fingerprint density at radius 3 is 2.67 bits per heavy atom. The highest BCUT2D eigenvalue weighted by Gasteiger charge is 2.19. The van der Waals surface area contributed by atoms with Crippen LogP contribution in [0.1, 0.15) is 11.1 Å². The van der Waals surface area contributed by atoms with Gasteiger partial charge in [-0.05, 0) is 47.4 Å². The average Bonchev–Trinajstić information content (AvgIpc) is 2.83. The van der Waals surface area contributed by atoms with Crippen LogP contribution in [-0.2, 0) is 13.0 Å². The van der Waals surface area contributed by atoms with Gasteiger partial charge in [-0.3, -0.25) is 9.69 Å². The molecule has 1 aromatic heterocycles. The maximum absolute atomic E-state index is 13.2. The summed E-state index contributed by atoms with van der Waals surface area (Å²) >= 11 is 0. The predicted octanol–water partition coefficient (Wildman–Crippen LogP) is 4.40. The Hall–Kier alpha value is -3.48. The first-order chi connectivity index (χ1) is 16.1. The summed E-state index contributed by atoms with van der Waals surface area (Å²) < 4.78 is 24.6. The molecule has 168 valence electrons. The fourth-order valence-corrected chi connectivity index (χ4v) is 4.28. The molecule has 1 aliphatic rings. The van der Waals surface area contributed by atoms with Crippen molar-refractivity contribution in [3.8, 4) is 16.9 Å². The molecule has 1 N–H and O–H groups in total. The van der Waals surface area contributed by atoms with Crippen LogP contribution in [0.4, 0.5) is 4.39 Å². The van der Waals surface area contributed by atoms with Crippen molar-refractivity contribution < 1.29 is 18.7 Å². The second-order valence-corrected chi connectivity index (χ2v) is 8.36. The normalized spacial score (nSPS) is 14.7. The lowest BCUT2D eigenvalue weighted by atomic mass is 10.00. The molecular formula is C27H24FNO4. The molecule has 0 bridgehead atoms. The van der Waals surface area contributed by atoms with E-state index in [1.54, 1.807) is 30.3 Å². The third-order valence-corrected chi connectivity index (χ3v) is 6.02. The Kier molecular flexibility index (Phi) is 5.94. The van der Waals surface area contributed by atoms with Gasteiger partial charge in [-0.1, -0.05) is 36.4 Å². The Balaban J connectivity index is 1.24. The van der Waals surface area contributed by atoms with Gasteiger partial charge in [0.15, 0.2) is 5.43 Å². The summed E-state index contributed by atoms with van der Waals surface area (Å²) in [5.74, 6) is 0.154. The minimum atomic E-state index is -0.640. The van der Waals surface area contributed by atoms with E-state index < -0.39 is 6.10 Å². The second kappa shape index (κ2) is 9.17. The number of aliphatic hydroxyl groups is 1. The molecule has 0 saturated carbocycles. The van der Waals surface area contributed by atoms with Crippen LogP contribution < -0.4 is 10.2 Å². The van der Waals surface area contributed by atoms with Crippen LogP contribution in [0.25, 0.3) is 22.1 Å². The van der Waals surface area contributed by atoms with Crippen molar-refractivity contribution in [2.24, 2.45) is 0 Å². The van der Waals surface area contributed by atoms with Crippen molar-refractivity contribution in [2.75, 3.05) is 19.7 Å². The third-order valence-electron chi connectivity index (χ3n) is 6.02. The van der Waals surface area contributed by atoms with Gasteiger partial charge in [0.25, 0.3) is 0 Å². The largest absolute Gasteiger partial charge is 0.491 e. The van der Waals surface area contributed by atoms with Gasteiger partial charge in [0.05, 0.1) is 10.9 Å². The quantitative estimate of drug-likeness (QED) is 0.477. The van der Waals surface area contributed by atoms with E-state index in [9.17, 15) is 14.3 Å². The molecule has 2 heterocycles. The van der Waals surface area contributed by atoms with Crippen LogP contribution in [0, 0.1) is 5.82 Å². The Morgan fingerprint density at radius 1 is 1.06 bits per heavy atom. The molecule has 1 unspecified atom stereocenters. The highest BCUT2D eigenvalue weighted by atomic mass is 19.1. The number of nitrogens with zero attached hydrogens (tertiary/aromatic N) is 1. The van der Waals surface area contributed by atoms with Gasteiger partial charge >= 0.3 is 0 Å². The minimum Gasteiger partial charge on any atom is -0.491 e. The second-order valence-electron chi connectivity index (χ2n) is 8.36. The van der Waals surface area contributed by atoms with E-state index in [1.165, 1.54) is 29.5 Å². The number of ether oxygens (including phenoxy) is 1. The number of aliphatic hydroxyl groups excluding tert-OH is 1. The third kappa shape index (κ3) is 4.67. The van der Waals surface area contributed by atoms with E-state index in [0.717, 1.165) is 19.5 Å². The number of rotatable bonds is 6. The maximum Gasteiger partial charge on any atom is 0.200 e. The fourth-order valence-electron chi connectivity index (χ4n) is 4.28. The van der Waals surface area contributed by atoms with E-state index in [2.05, 4.69) is 23.1 Å². The zero-order chi connectivity index (χ0) is 22.8. The molecule has 0 spiro atoms. The van der Waals surface area contributed by atoms with Crippen molar-refractivity contribution in [1.29, 1.82) is 0 Å². The Morgan fingerprint density at radius 2 is 1.85 bits per heavy atom. The van der Waals surface area contributed by atoms with Gasteiger partial charge in [-0.2, -0.15) is 0 Å². The summed E-state index contributed by atoms with van der Waals surface area (Å²) in [6.07, 6.45) is 1.72. The SMILES string of the molecule is O=c1c(-c2ccc(F)cc2)coc2cc(OCC(O)CN3CCc4ccccc4C3)ccc12. The molecule has 4 aromatic rings. The van der Waals surface area contributed by atoms with E-state index in [1.807, 2.05) is 6.07 Å². The standard InChI is InChI=1S/C27H24FNO4/c28-21-7-5-19(6-8-21)25-17-33-26-13-23(9-10-24(26)27(25)31)32-16-22(30)15-29-12-11-18-3-1-2-4-20(18)14-29/h1-10,13,17,22,30H,11-12,14-16H2. The average molecular weight is 445 g/mol. The number of hydrogen-bond donors (Lipinski definition) is 1. The summed E-state index contributed by atoms with van der Waals surface area (Å²) in [6.45, 7) is 2.40. The lowest BCUT2D eigenvalue weighted by Gasteiger charge is -2.30. The fraction of sp³-hybridized carbons (Fsp3) is 0.222. The summed E-state index contributed by atoms with van der Waals surface area (Å²) in [6, 6.07) is 19.1. The molecule has 0 fully saturated rings. The van der Waals surface area contributed by atoms with Crippen molar-refractivity contribution in [2.45, 2.75) is 19.1 Å². The molecule has 1 aliphatic heterocycles. The van der Waals surface area contributed by atoms with E-state index in [-0.39, 0.29) is 17.9 Å². The molecule has 5 rings (SSSR count). The molecular weight excluding hydrogens is 421 g/mol. The topological polar surface area (TPSA) is 62.9 Å². The van der Waals surface area contributed by atoms with E-state index >= 15 is 0 Å². The molecule has 6 heteroatoms. The van der Waals surface area contributed by atoms with Gasteiger partial charge in [-0.25, -0.2) is 4.39 Å². The first-order valence-electron chi connectivity index (χ1n) is 11.0. The number of fused-ring (bicyclic) bond motifs is 2. The van der Waals surface area contributed by atoms with Gasteiger partial charge in [-0.15, -0.1) is 0 Å². The van der Waals surface area contributed by atoms with Gasteiger partial charge in [0.2, 0.25) is 0 Å². The Labute approximate surface area is 190 Å². The molecule has 3 aromatic carbocycles. The van der Waals surface area contributed by atoms with Crippen molar-refractivity contribution in [1.82, 2.24) is 4.90 Å². The van der Waals surface area contributed by atoms with Crippen LogP contribution in [0.5, 0.6) is 5.75 Å². The van der Waals surface area contributed by atoms with Crippen LogP contribution in [0.2, 0.25) is 0 Å². The maximum atomic E-state index is 13.2. The first-order valence-corrected chi connectivity index (χ1v) is 11.0. The van der Waals surface area contributed by atoms with Crippen molar-refractivity contribution >= 4 is 11.0 Å². The Bertz CT molecular complexity index is 1330. The van der Waals surface area contributed by atoms with Crippen molar-refractivity contribution in [3.63, 3.8) is 0 Å². The number of β-amino-alcohol motifs (C(OH)–C–C–N with tert-alkyl or cyclic N) is 1.